The van der Waals surface area contributed by atoms with E-state index in [1.165, 1.54) is 11.8 Å². The molecule has 0 atom stereocenters. The number of nitrogens with two attached hydrogens (primary N) is 1. The van der Waals surface area contributed by atoms with Crippen LogP contribution in [0.5, 0.6) is 5.75 Å². The number of fused-ring (bicyclic) bond motifs is 1. The summed E-state index contributed by atoms with van der Waals surface area (Å²) in [5.41, 5.74) is 9.60. The van der Waals surface area contributed by atoms with Crippen molar-refractivity contribution >= 4 is 28.6 Å². The van der Waals surface area contributed by atoms with Crippen LogP contribution in [-0.4, -0.2) is 39.1 Å². The lowest BCUT2D eigenvalue weighted by atomic mass is 10.2. The smallest absolute Gasteiger partial charge is 0.151 e. The van der Waals surface area contributed by atoms with Gasteiger partial charge in [-0.15, -0.1) is 0 Å². The van der Waals surface area contributed by atoms with Crippen molar-refractivity contribution in [1.82, 2.24) is 19.9 Å². The fraction of sp³-hybridized carbons (Fsp3) is 0.400. The van der Waals surface area contributed by atoms with E-state index in [1.807, 2.05) is 39.2 Å². The van der Waals surface area contributed by atoms with Gasteiger partial charge in [-0.2, -0.15) is 0 Å². The summed E-state index contributed by atoms with van der Waals surface area (Å²) in [7, 11) is 4.02. The van der Waals surface area contributed by atoms with Gasteiger partial charge in [0.25, 0.3) is 0 Å². The molecule has 0 saturated heterocycles. The lowest BCUT2D eigenvalue weighted by Gasteiger charge is -2.12. The van der Waals surface area contributed by atoms with Gasteiger partial charge in [-0.05, 0) is 45.1 Å². The highest BCUT2D eigenvalue weighted by atomic mass is 32.2. The summed E-state index contributed by atoms with van der Waals surface area (Å²) in [6.07, 6.45) is 3.07. The van der Waals surface area contributed by atoms with E-state index < -0.39 is 0 Å². The van der Waals surface area contributed by atoms with E-state index in [2.05, 4.69) is 26.8 Å². The van der Waals surface area contributed by atoms with Crippen LogP contribution in [-0.2, 0) is 13.0 Å². The quantitative estimate of drug-likeness (QED) is 0.567. The Bertz CT molecular complexity index is 951. The molecule has 0 unspecified atom stereocenters. The molecule has 4 N–H and O–H groups in total. The highest BCUT2D eigenvalue weighted by Crippen LogP contribution is 2.40. The Morgan fingerprint density at radius 2 is 2.04 bits per heavy atom. The number of H-pyrrole nitrogens is 1. The third-order valence-corrected chi connectivity index (χ3v) is 5.61. The van der Waals surface area contributed by atoms with Crippen molar-refractivity contribution in [3.63, 3.8) is 0 Å². The number of hydrogen-bond acceptors (Lipinski definition) is 6. The molecule has 0 saturated carbocycles. The van der Waals surface area contributed by atoms with Crippen LogP contribution in [0, 0.1) is 6.92 Å². The van der Waals surface area contributed by atoms with Gasteiger partial charge in [0.05, 0.1) is 21.0 Å². The SMILES string of the molecule is CCCCc1nc2c(N)nc(C)c(Sc3ccc(CN(C)C)cc3O)c2[nH]1. The molecule has 2 heterocycles. The Morgan fingerprint density at radius 1 is 1.26 bits per heavy atom. The van der Waals surface area contributed by atoms with E-state index in [0.717, 1.165) is 58.2 Å². The highest BCUT2D eigenvalue weighted by Gasteiger charge is 2.17. The summed E-state index contributed by atoms with van der Waals surface area (Å²) in [6, 6.07) is 5.81. The number of imidazole rings is 1. The van der Waals surface area contributed by atoms with Gasteiger partial charge in [0, 0.05) is 13.0 Å². The van der Waals surface area contributed by atoms with Gasteiger partial charge >= 0.3 is 0 Å². The molecule has 7 heteroatoms. The number of aryl methyl sites for hydroxylation is 2. The molecule has 6 nitrogen and oxygen atoms in total. The minimum Gasteiger partial charge on any atom is -0.507 e. The Balaban J connectivity index is 1.97. The Kier molecular flexibility index (Phi) is 5.92. The third kappa shape index (κ3) is 4.36. The zero-order chi connectivity index (χ0) is 19.6. The maximum absolute atomic E-state index is 10.5. The number of aromatic amines is 1. The number of pyridine rings is 1. The number of nitrogens with zero attached hydrogens (tertiary/aromatic N) is 3. The zero-order valence-electron chi connectivity index (χ0n) is 16.3. The van der Waals surface area contributed by atoms with Gasteiger partial charge in [-0.25, -0.2) is 9.97 Å². The van der Waals surface area contributed by atoms with Crippen molar-refractivity contribution in [2.45, 2.75) is 49.4 Å². The summed E-state index contributed by atoms with van der Waals surface area (Å²) in [4.78, 5) is 16.3. The van der Waals surface area contributed by atoms with Crippen LogP contribution >= 0.6 is 11.8 Å². The summed E-state index contributed by atoms with van der Waals surface area (Å²) in [6.45, 7) is 4.88. The predicted octanol–water partition coefficient (Wildman–Crippen LogP) is 4.11. The molecule has 3 aromatic rings. The van der Waals surface area contributed by atoms with Crippen molar-refractivity contribution in [3.8, 4) is 5.75 Å². The minimum atomic E-state index is 0.273. The second kappa shape index (κ2) is 8.19. The topological polar surface area (TPSA) is 91.1 Å². The zero-order valence-corrected chi connectivity index (χ0v) is 17.2. The number of aromatic nitrogens is 3. The van der Waals surface area contributed by atoms with E-state index in [0.29, 0.717) is 11.3 Å². The lowest BCUT2D eigenvalue weighted by molar-refractivity contribution is 0.399. The molecular formula is C20H27N5OS. The van der Waals surface area contributed by atoms with Gasteiger partial charge in [0.2, 0.25) is 0 Å². The van der Waals surface area contributed by atoms with Crippen molar-refractivity contribution in [1.29, 1.82) is 0 Å². The molecule has 3 rings (SSSR count). The van der Waals surface area contributed by atoms with E-state index >= 15 is 0 Å². The molecule has 2 aromatic heterocycles. The number of nitrogens with one attached hydrogen (secondary N) is 1. The maximum Gasteiger partial charge on any atom is 0.151 e. The molecular weight excluding hydrogens is 358 g/mol. The summed E-state index contributed by atoms with van der Waals surface area (Å²) in [5, 5.41) is 10.5. The van der Waals surface area contributed by atoms with Crippen molar-refractivity contribution in [2.24, 2.45) is 0 Å². The van der Waals surface area contributed by atoms with Gasteiger partial charge < -0.3 is 20.7 Å². The van der Waals surface area contributed by atoms with Crippen LogP contribution in [0.25, 0.3) is 11.0 Å². The first-order valence-corrected chi connectivity index (χ1v) is 9.99. The molecule has 27 heavy (non-hydrogen) atoms. The number of anilines is 1. The fourth-order valence-corrected chi connectivity index (χ4v) is 4.01. The first-order valence-electron chi connectivity index (χ1n) is 9.18. The van der Waals surface area contributed by atoms with Crippen LogP contribution in [0.2, 0.25) is 0 Å². The number of benzene rings is 1. The van der Waals surface area contributed by atoms with Crippen LogP contribution in [0.4, 0.5) is 5.82 Å². The largest absolute Gasteiger partial charge is 0.507 e. The molecule has 0 aliphatic heterocycles. The van der Waals surface area contributed by atoms with E-state index in [-0.39, 0.29) is 5.75 Å². The van der Waals surface area contributed by atoms with Gasteiger partial charge in [-0.3, -0.25) is 0 Å². The van der Waals surface area contributed by atoms with Crippen LogP contribution in [0.15, 0.2) is 28.0 Å². The molecule has 0 aliphatic carbocycles. The van der Waals surface area contributed by atoms with Gasteiger partial charge in [0.15, 0.2) is 5.82 Å². The third-order valence-electron chi connectivity index (χ3n) is 4.34. The summed E-state index contributed by atoms with van der Waals surface area (Å²) in [5.74, 6) is 1.64. The van der Waals surface area contributed by atoms with Crippen molar-refractivity contribution in [3.05, 3.63) is 35.3 Å². The summed E-state index contributed by atoms with van der Waals surface area (Å²) < 4.78 is 0. The average Bonchev–Trinajstić information content (AvgIpc) is 3.02. The van der Waals surface area contributed by atoms with E-state index in [4.69, 9.17) is 5.73 Å². The molecule has 0 radical (unpaired) electrons. The number of phenols is 1. The Morgan fingerprint density at radius 3 is 2.70 bits per heavy atom. The number of aromatic hydroxyl groups is 1. The van der Waals surface area contributed by atoms with Crippen LogP contribution in [0.1, 0.15) is 36.8 Å². The molecule has 0 bridgehead atoms. The first-order chi connectivity index (χ1) is 12.9. The number of nitrogen functional groups attached to an aromatic ring is 1. The Labute approximate surface area is 164 Å². The van der Waals surface area contributed by atoms with E-state index in [1.54, 1.807) is 0 Å². The molecule has 0 aliphatic rings. The molecule has 0 spiro atoms. The molecule has 144 valence electrons. The Hall–Kier alpha value is -2.25. The maximum atomic E-state index is 10.5. The van der Waals surface area contributed by atoms with Crippen molar-refractivity contribution < 1.29 is 5.11 Å². The second-order valence-corrected chi connectivity index (χ2v) is 8.12. The molecule has 0 amide bonds. The molecule has 1 aromatic carbocycles. The van der Waals surface area contributed by atoms with Crippen LogP contribution in [0.3, 0.4) is 0 Å². The van der Waals surface area contributed by atoms with Gasteiger partial charge in [-0.1, -0.05) is 31.2 Å². The number of hydrogen-bond donors (Lipinski definition) is 3. The highest BCUT2D eigenvalue weighted by molar-refractivity contribution is 7.99. The molecule has 0 fully saturated rings. The standard InChI is InChI=1S/C20H27N5OS/c1-5-6-7-16-23-17-18(24-16)20(21)22-12(2)19(17)27-15-9-8-13(10-14(15)26)11-25(3)4/h8-10,26H,5-7,11H2,1-4H3,(H2,21,22)(H,23,24). The van der Waals surface area contributed by atoms with Gasteiger partial charge in [0.1, 0.15) is 17.1 Å². The first kappa shape index (κ1) is 19.5. The summed E-state index contributed by atoms with van der Waals surface area (Å²) >= 11 is 1.49. The van der Waals surface area contributed by atoms with Crippen molar-refractivity contribution in [2.75, 3.05) is 19.8 Å². The normalized spacial score (nSPS) is 11.6. The second-order valence-electron chi connectivity index (χ2n) is 7.06. The fourth-order valence-electron chi connectivity index (χ4n) is 3.05. The minimum absolute atomic E-state index is 0.273. The van der Waals surface area contributed by atoms with E-state index in [9.17, 15) is 5.11 Å². The van der Waals surface area contributed by atoms with Crippen LogP contribution < -0.4 is 5.73 Å². The number of unbranched alkanes of at least 4 members (excludes halogenated alkanes) is 1. The number of phenolic OH excluding ortho intramolecular Hbond substituents is 1. The average molecular weight is 386 g/mol. The monoisotopic (exact) mass is 385 g/mol. The lowest BCUT2D eigenvalue weighted by Crippen LogP contribution is -2.10. The number of rotatable bonds is 7. The predicted molar refractivity (Wildman–Crippen MR) is 111 cm³/mol.